The lowest BCUT2D eigenvalue weighted by molar-refractivity contribution is -0.114. The minimum Gasteiger partial charge on any atom is -0.372 e. The molecule has 0 aliphatic carbocycles. The largest absolute Gasteiger partial charge is 0.372 e. The minimum absolute atomic E-state index is 0.326. The van der Waals surface area contributed by atoms with E-state index in [1.54, 1.807) is 18.2 Å². The maximum Gasteiger partial charge on any atom is 0.245 e. The Kier molecular flexibility index (Phi) is 5.92. The van der Waals surface area contributed by atoms with E-state index < -0.39 is 15.9 Å². The van der Waals surface area contributed by atoms with Gasteiger partial charge in [-0.25, -0.2) is 8.42 Å². The highest BCUT2D eigenvalue weighted by atomic mass is 35.5. The molecule has 0 spiro atoms. The summed E-state index contributed by atoms with van der Waals surface area (Å²) in [6.07, 6.45) is 3.46. The van der Waals surface area contributed by atoms with Gasteiger partial charge >= 0.3 is 0 Å². The van der Waals surface area contributed by atoms with Gasteiger partial charge < -0.3 is 10.2 Å². The van der Waals surface area contributed by atoms with E-state index in [1.807, 2.05) is 24.3 Å². The van der Waals surface area contributed by atoms with Crippen LogP contribution in [0.4, 0.5) is 17.1 Å². The molecular formula is C19H22ClN3O3S. The zero-order valence-electron chi connectivity index (χ0n) is 15.1. The summed E-state index contributed by atoms with van der Waals surface area (Å²) in [5.74, 6) is -0.422. The van der Waals surface area contributed by atoms with Crippen molar-refractivity contribution in [1.29, 1.82) is 0 Å². The summed E-state index contributed by atoms with van der Waals surface area (Å²) in [7, 11) is -3.63. The third kappa shape index (κ3) is 5.14. The topological polar surface area (TPSA) is 69.7 Å². The third-order valence-corrected chi connectivity index (χ3v) is 5.78. The molecule has 1 fully saturated rings. The molecule has 8 heteroatoms. The fraction of sp³-hybridized carbons (Fsp3) is 0.316. The van der Waals surface area contributed by atoms with Crippen LogP contribution in [0.15, 0.2) is 48.5 Å². The average molecular weight is 408 g/mol. The molecule has 3 rings (SSSR count). The number of sulfonamides is 1. The van der Waals surface area contributed by atoms with Crippen LogP contribution in [0.3, 0.4) is 0 Å². The molecule has 0 bridgehead atoms. The van der Waals surface area contributed by atoms with E-state index in [9.17, 15) is 13.2 Å². The molecule has 0 unspecified atom stereocenters. The van der Waals surface area contributed by atoms with Crippen molar-refractivity contribution in [3.63, 3.8) is 0 Å². The van der Waals surface area contributed by atoms with E-state index in [1.165, 1.54) is 18.9 Å². The van der Waals surface area contributed by atoms with Crippen LogP contribution in [0.25, 0.3) is 0 Å². The molecule has 144 valence electrons. The zero-order valence-corrected chi connectivity index (χ0v) is 16.6. The number of halogens is 1. The minimum atomic E-state index is -3.63. The van der Waals surface area contributed by atoms with E-state index in [2.05, 4.69) is 10.2 Å². The SMILES string of the molecule is CS(=O)(=O)N(CC(=O)Nc1ccc(N2CCCC2)cc1)c1cccc(Cl)c1. The molecular weight excluding hydrogens is 386 g/mol. The lowest BCUT2D eigenvalue weighted by Crippen LogP contribution is -2.37. The van der Waals surface area contributed by atoms with E-state index in [0.717, 1.165) is 29.3 Å². The summed E-state index contributed by atoms with van der Waals surface area (Å²) in [6, 6.07) is 14.0. The van der Waals surface area contributed by atoms with Crippen LogP contribution in [0, 0.1) is 0 Å². The summed E-state index contributed by atoms with van der Waals surface area (Å²) in [5, 5.41) is 3.15. The molecule has 0 aromatic heterocycles. The number of nitrogens with zero attached hydrogens (tertiary/aromatic N) is 2. The molecule has 1 aliphatic heterocycles. The van der Waals surface area contributed by atoms with Gasteiger partial charge in [0.05, 0.1) is 11.9 Å². The van der Waals surface area contributed by atoms with Crippen molar-refractivity contribution in [2.75, 3.05) is 40.4 Å². The first-order valence-corrected chi connectivity index (χ1v) is 10.9. The first-order chi connectivity index (χ1) is 12.8. The first-order valence-electron chi connectivity index (χ1n) is 8.71. The van der Waals surface area contributed by atoms with Crippen molar-refractivity contribution < 1.29 is 13.2 Å². The first kappa shape index (κ1) is 19.5. The van der Waals surface area contributed by atoms with Crippen LogP contribution in [-0.4, -0.2) is 40.2 Å². The number of amides is 1. The van der Waals surface area contributed by atoms with Crippen LogP contribution in [-0.2, 0) is 14.8 Å². The van der Waals surface area contributed by atoms with Crippen LogP contribution in [0.2, 0.25) is 5.02 Å². The standard InChI is InChI=1S/C19H22ClN3O3S/c1-27(25,26)23(18-6-4-5-15(20)13-18)14-19(24)21-16-7-9-17(10-8-16)22-11-2-3-12-22/h4-10,13H,2-3,11-12,14H2,1H3,(H,21,24). The molecule has 0 saturated carbocycles. The lowest BCUT2D eigenvalue weighted by atomic mass is 10.2. The summed E-state index contributed by atoms with van der Waals surface area (Å²) in [4.78, 5) is 14.7. The van der Waals surface area contributed by atoms with Gasteiger partial charge in [-0.15, -0.1) is 0 Å². The quantitative estimate of drug-likeness (QED) is 0.797. The normalized spacial score (nSPS) is 14.2. The molecule has 2 aromatic rings. The number of nitrogens with one attached hydrogen (secondary N) is 1. The smallest absolute Gasteiger partial charge is 0.245 e. The molecule has 1 heterocycles. The average Bonchev–Trinajstić information content (AvgIpc) is 3.14. The fourth-order valence-corrected chi connectivity index (χ4v) is 4.13. The number of rotatable bonds is 6. The second-order valence-corrected chi connectivity index (χ2v) is 8.88. The number of carbonyl (C=O) groups excluding carboxylic acids is 1. The fourth-order valence-electron chi connectivity index (χ4n) is 3.09. The Morgan fingerprint density at radius 2 is 1.81 bits per heavy atom. The van der Waals surface area contributed by atoms with Gasteiger partial charge in [0.25, 0.3) is 0 Å². The maximum atomic E-state index is 12.4. The van der Waals surface area contributed by atoms with Crippen LogP contribution in [0.5, 0.6) is 0 Å². The second-order valence-electron chi connectivity index (χ2n) is 6.54. The van der Waals surface area contributed by atoms with Crippen molar-refractivity contribution in [1.82, 2.24) is 0 Å². The monoisotopic (exact) mass is 407 g/mol. The Hall–Kier alpha value is -2.25. The van der Waals surface area contributed by atoms with E-state index in [4.69, 9.17) is 11.6 Å². The number of hydrogen-bond donors (Lipinski definition) is 1. The zero-order chi connectivity index (χ0) is 19.4. The number of benzene rings is 2. The van der Waals surface area contributed by atoms with E-state index in [0.29, 0.717) is 16.4 Å². The number of carbonyl (C=O) groups is 1. The van der Waals surface area contributed by atoms with E-state index >= 15 is 0 Å². The predicted octanol–water partition coefficient (Wildman–Crippen LogP) is 3.34. The summed E-state index contributed by atoms with van der Waals surface area (Å²) >= 11 is 5.95. The Bertz CT molecular complexity index is 910. The maximum absolute atomic E-state index is 12.4. The van der Waals surface area contributed by atoms with Gasteiger partial charge in [0.2, 0.25) is 15.9 Å². The Morgan fingerprint density at radius 1 is 1.15 bits per heavy atom. The van der Waals surface area contributed by atoms with Crippen molar-refractivity contribution >= 4 is 44.6 Å². The summed E-state index contributed by atoms with van der Waals surface area (Å²) in [5.41, 5.74) is 2.11. The van der Waals surface area contributed by atoms with E-state index in [-0.39, 0.29) is 6.54 Å². The van der Waals surface area contributed by atoms with Gasteiger partial charge in [0.15, 0.2) is 0 Å². The molecule has 2 aromatic carbocycles. The Labute approximate surface area is 164 Å². The highest BCUT2D eigenvalue weighted by Crippen LogP contribution is 2.23. The predicted molar refractivity (Wildman–Crippen MR) is 110 cm³/mol. The molecule has 1 amide bonds. The highest BCUT2D eigenvalue weighted by molar-refractivity contribution is 7.92. The van der Waals surface area contributed by atoms with Gasteiger partial charge in [-0.2, -0.15) is 0 Å². The molecule has 1 saturated heterocycles. The number of hydrogen-bond acceptors (Lipinski definition) is 4. The van der Waals surface area contributed by atoms with Crippen molar-refractivity contribution in [3.05, 3.63) is 53.6 Å². The highest BCUT2D eigenvalue weighted by Gasteiger charge is 2.21. The Balaban J connectivity index is 1.69. The Morgan fingerprint density at radius 3 is 2.41 bits per heavy atom. The van der Waals surface area contributed by atoms with Crippen LogP contribution >= 0.6 is 11.6 Å². The van der Waals surface area contributed by atoms with Gasteiger partial charge in [-0.05, 0) is 55.3 Å². The van der Waals surface area contributed by atoms with Gasteiger partial charge in [-0.1, -0.05) is 17.7 Å². The summed E-state index contributed by atoms with van der Waals surface area (Å²) < 4.78 is 25.3. The number of anilines is 3. The third-order valence-electron chi connectivity index (χ3n) is 4.41. The molecule has 1 N–H and O–H groups in total. The molecule has 6 nitrogen and oxygen atoms in total. The van der Waals surface area contributed by atoms with Crippen LogP contribution < -0.4 is 14.5 Å². The van der Waals surface area contributed by atoms with Gasteiger partial charge in [0.1, 0.15) is 6.54 Å². The summed E-state index contributed by atoms with van der Waals surface area (Å²) in [6.45, 7) is 1.77. The van der Waals surface area contributed by atoms with Crippen molar-refractivity contribution in [2.24, 2.45) is 0 Å². The van der Waals surface area contributed by atoms with Crippen molar-refractivity contribution in [3.8, 4) is 0 Å². The van der Waals surface area contributed by atoms with Gasteiger partial charge in [0, 0.05) is 29.5 Å². The van der Waals surface area contributed by atoms with Crippen LogP contribution in [0.1, 0.15) is 12.8 Å². The lowest BCUT2D eigenvalue weighted by Gasteiger charge is -2.22. The second kappa shape index (κ2) is 8.19. The van der Waals surface area contributed by atoms with Gasteiger partial charge in [-0.3, -0.25) is 9.10 Å². The van der Waals surface area contributed by atoms with Crippen molar-refractivity contribution in [2.45, 2.75) is 12.8 Å². The molecule has 1 aliphatic rings. The molecule has 27 heavy (non-hydrogen) atoms. The molecule has 0 atom stereocenters. The molecule has 0 radical (unpaired) electrons.